The maximum absolute atomic E-state index is 14.2. The van der Waals surface area contributed by atoms with Gasteiger partial charge in [0.1, 0.15) is 12.6 Å². The third-order valence-corrected chi connectivity index (χ3v) is 8.37. The Morgan fingerprint density at radius 2 is 1.54 bits per heavy atom. The SMILES string of the molecule is CCCCNC(=O)C(Cc1ccccc1)N(Cc1ccccc1C)C(=O)CN(c1ccc(C(C)C)cc1)S(C)(=O)=O. The van der Waals surface area contributed by atoms with Gasteiger partial charge in [-0.15, -0.1) is 0 Å². The van der Waals surface area contributed by atoms with E-state index in [0.717, 1.165) is 45.7 Å². The van der Waals surface area contributed by atoms with Crippen LogP contribution in [0.3, 0.4) is 0 Å². The number of aryl methyl sites for hydroxylation is 1. The highest BCUT2D eigenvalue weighted by atomic mass is 32.2. The van der Waals surface area contributed by atoms with E-state index >= 15 is 0 Å². The first-order valence-corrected chi connectivity index (χ1v) is 16.1. The lowest BCUT2D eigenvalue weighted by Gasteiger charge is -2.34. The average Bonchev–Trinajstić information content (AvgIpc) is 2.94. The van der Waals surface area contributed by atoms with E-state index in [9.17, 15) is 18.0 Å². The molecule has 0 radical (unpaired) electrons. The molecule has 0 heterocycles. The standard InChI is InChI=1S/C33H43N3O4S/c1-6-7-21-34-33(38)31(22-27-14-9-8-10-15-27)35(23-29-16-12-11-13-26(29)4)32(37)24-36(41(5,39)40)30-19-17-28(18-20-30)25(2)3/h8-20,25,31H,6-7,21-24H2,1-5H3,(H,34,38). The van der Waals surface area contributed by atoms with Gasteiger partial charge in [-0.2, -0.15) is 0 Å². The first-order chi connectivity index (χ1) is 19.5. The summed E-state index contributed by atoms with van der Waals surface area (Å²) < 4.78 is 27.1. The molecule has 0 aromatic heterocycles. The largest absolute Gasteiger partial charge is 0.354 e. The van der Waals surface area contributed by atoms with E-state index in [1.165, 1.54) is 4.90 Å². The maximum Gasteiger partial charge on any atom is 0.244 e. The van der Waals surface area contributed by atoms with Gasteiger partial charge in [-0.05, 0) is 53.6 Å². The number of sulfonamides is 1. The molecular formula is C33H43N3O4S. The van der Waals surface area contributed by atoms with E-state index in [0.29, 0.717) is 18.7 Å². The predicted octanol–water partition coefficient (Wildman–Crippen LogP) is 5.44. The second-order valence-corrected chi connectivity index (χ2v) is 12.7. The van der Waals surface area contributed by atoms with Gasteiger partial charge in [0.15, 0.2) is 0 Å². The van der Waals surface area contributed by atoms with Crippen LogP contribution in [-0.2, 0) is 32.6 Å². The van der Waals surface area contributed by atoms with Crippen molar-refractivity contribution in [1.82, 2.24) is 10.2 Å². The van der Waals surface area contributed by atoms with Crippen molar-refractivity contribution in [1.29, 1.82) is 0 Å². The molecule has 0 aliphatic carbocycles. The van der Waals surface area contributed by atoms with Crippen LogP contribution in [0.15, 0.2) is 78.9 Å². The monoisotopic (exact) mass is 577 g/mol. The molecule has 0 fully saturated rings. The molecule has 1 unspecified atom stereocenters. The van der Waals surface area contributed by atoms with Crippen LogP contribution >= 0.6 is 0 Å². The number of amides is 2. The molecule has 2 amide bonds. The number of rotatable bonds is 14. The third-order valence-electron chi connectivity index (χ3n) is 7.23. The fraction of sp³-hybridized carbons (Fsp3) is 0.394. The van der Waals surface area contributed by atoms with Crippen LogP contribution in [0, 0.1) is 6.92 Å². The van der Waals surface area contributed by atoms with Gasteiger partial charge in [0.2, 0.25) is 21.8 Å². The van der Waals surface area contributed by atoms with Gasteiger partial charge in [0.05, 0.1) is 11.9 Å². The lowest BCUT2D eigenvalue weighted by Crippen LogP contribution is -2.53. The molecule has 8 heteroatoms. The number of nitrogens with zero attached hydrogens (tertiary/aromatic N) is 2. The Bertz CT molecular complexity index is 1390. The van der Waals surface area contributed by atoms with E-state index in [-0.39, 0.29) is 18.4 Å². The molecule has 220 valence electrons. The summed E-state index contributed by atoms with van der Waals surface area (Å²) in [6, 6.07) is 23.7. The maximum atomic E-state index is 14.2. The van der Waals surface area contributed by atoms with Crippen molar-refractivity contribution in [3.63, 3.8) is 0 Å². The lowest BCUT2D eigenvalue weighted by molar-refractivity contribution is -0.140. The second-order valence-electron chi connectivity index (χ2n) is 10.8. The van der Waals surface area contributed by atoms with E-state index in [2.05, 4.69) is 26.1 Å². The predicted molar refractivity (Wildman–Crippen MR) is 166 cm³/mol. The van der Waals surface area contributed by atoms with Crippen molar-refractivity contribution in [2.45, 2.75) is 65.5 Å². The molecule has 3 rings (SSSR count). The van der Waals surface area contributed by atoms with Crippen molar-refractivity contribution in [2.75, 3.05) is 23.7 Å². The van der Waals surface area contributed by atoms with Crippen molar-refractivity contribution < 1.29 is 18.0 Å². The first kappa shape index (κ1) is 31.9. The summed E-state index contributed by atoms with van der Waals surface area (Å²) >= 11 is 0. The zero-order valence-electron chi connectivity index (χ0n) is 24.8. The number of anilines is 1. The topological polar surface area (TPSA) is 86.8 Å². The van der Waals surface area contributed by atoms with Crippen molar-refractivity contribution in [3.8, 4) is 0 Å². The summed E-state index contributed by atoms with van der Waals surface area (Å²) in [7, 11) is -3.80. The Morgan fingerprint density at radius 1 is 0.902 bits per heavy atom. The summed E-state index contributed by atoms with van der Waals surface area (Å²) in [5, 5.41) is 3.01. The quantitative estimate of drug-likeness (QED) is 0.259. The molecule has 7 nitrogen and oxygen atoms in total. The van der Waals surface area contributed by atoms with E-state index < -0.39 is 28.5 Å². The van der Waals surface area contributed by atoms with Gasteiger partial charge in [-0.1, -0.05) is 93.9 Å². The van der Waals surface area contributed by atoms with Gasteiger partial charge in [-0.3, -0.25) is 13.9 Å². The molecule has 41 heavy (non-hydrogen) atoms. The molecule has 0 saturated carbocycles. The van der Waals surface area contributed by atoms with Crippen LogP contribution < -0.4 is 9.62 Å². The van der Waals surface area contributed by atoms with Crippen LogP contribution in [0.2, 0.25) is 0 Å². The summed E-state index contributed by atoms with van der Waals surface area (Å²) in [6.45, 7) is 8.40. The van der Waals surface area contributed by atoms with Gasteiger partial charge in [0, 0.05) is 19.5 Å². The van der Waals surface area contributed by atoms with Gasteiger partial charge < -0.3 is 10.2 Å². The van der Waals surface area contributed by atoms with Crippen LogP contribution in [-0.4, -0.2) is 50.5 Å². The molecule has 0 saturated heterocycles. The molecule has 0 aliphatic heterocycles. The van der Waals surface area contributed by atoms with Crippen LogP contribution in [0.4, 0.5) is 5.69 Å². The molecule has 0 bridgehead atoms. The summed E-state index contributed by atoms with van der Waals surface area (Å²) in [5.74, 6) is -0.415. The molecule has 0 aliphatic rings. The fourth-order valence-electron chi connectivity index (χ4n) is 4.67. The zero-order valence-corrected chi connectivity index (χ0v) is 25.7. The van der Waals surface area contributed by atoms with Gasteiger partial charge >= 0.3 is 0 Å². The van der Waals surface area contributed by atoms with Crippen molar-refractivity contribution in [3.05, 3.63) is 101 Å². The number of hydrogen-bond acceptors (Lipinski definition) is 4. The first-order valence-electron chi connectivity index (χ1n) is 14.2. The van der Waals surface area contributed by atoms with Gasteiger partial charge in [-0.25, -0.2) is 8.42 Å². The highest BCUT2D eigenvalue weighted by Gasteiger charge is 2.33. The number of benzene rings is 3. The Kier molecular flexibility index (Phi) is 11.5. The summed E-state index contributed by atoms with van der Waals surface area (Å²) in [6.07, 6.45) is 3.15. The van der Waals surface area contributed by atoms with E-state index in [1.54, 1.807) is 12.1 Å². The molecule has 3 aromatic rings. The minimum absolute atomic E-state index is 0.175. The molecule has 0 spiro atoms. The van der Waals surface area contributed by atoms with Crippen LogP contribution in [0.5, 0.6) is 0 Å². The average molecular weight is 578 g/mol. The molecule has 3 aromatic carbocycles. The second kappa shape index (κ2) is 14.8. The van der Waals surface area contributed by atoms with Gasteiger partial charge in [0.25, 0.3) is 0 Å². The number of unbranched alkanes of at least 4 members (excludes halogenated alkanes) is 1. The summed E-state index contributed by atoms with van der Waals surface area (Å²) in [5.41, 5.74) is 4.27. The molecular weight excluding hydrogens is 534 g/mol. The Morgan fingerprint density at radius 3 is 2.12 bits per heavy atom. The molecule has 1 atom stereocenters. The molecule has 1 N–H and O–H groups in total. The van der Waals surface area contributed by atoms with E-state index in [4.69, 9.17) is 0 Å². The lowest BCUT2D eigenvalue weighted by atomic mass is 10.0. The number of carbonyl (C=O) groups excluding carboxylic acids is 2. The number of nitrogens with one attached hydrogen (secondary N) is 1. The van der Waals surface area contributed by atoms with Crippen LogP contribution in [0.25, 0.3) is 0 Å². The normalized spacial score (nSPS) is 12.1. The fourth-order valence-corrected chi connectivity index (χ4v) is 5.52. The zero-order chi connectivity index (χ0) is 30.0. The minimum Gasteiger partial charge on any atom is -0.354 e. The van der Waals surface area contributed by atoms with Crippen LogP contribution in [0.1, 0.15) is 61.8 Å². The Labute approximate surface area is 245 Å². The minimum atomic E-state index is -3.80. The smallest absolute Gasteiger partial charge is 0.244 e. The van der Waals surface area contributed by atoms with E-state index in [1.807, 2.05) is 73.7 Å². The Hall–Kier alpha value is -3.65. The number of hydrogen-bond donors (Lipinski definition) is 1. The highest BCUT2D eigenvalue weighted by Crippen LogP contribution is 2.24. The Balaban J connectivity index is 2.03. The summed E-state index contributed by atoms with van der Waals surface area (Å²) in [4.78, 5) is 29.4. The third kappa shape index (κ3) is 9.18. The number of carbonyl (C=O) groups is 2. The van der Waals surface area contributed by atoms with Crippen molar-refractivity contribution >= 4 is 27.5 Å². The highest BCUT2D eigenvalue weighted by molar-refractivity contribution is 7.92. The van der Waals surface area contributed by atoms with Crippen molar-refractivity contribution in [2.24, 2.45) is 0 Å².